The van der Waals surface area contributed by atoms with Crippen molar-refractivity contribution in [3.63, 3.8) is 0 Å². The molecule has 0 amide bonds. The van der Waals surface area contributed by atoms with E-state index in [0.29, 0.717) is 45.2 Å². The molecule has 0 saturated heterocycles. The molecule has 4 rings (SSSR count). The van der Waals surface area contributed by atoms with E-state index in [4.69, 9.17) is 14.8 Å². The summed E-state index contributed by atoms with van der Waals surface area (Å²) in [6.07, 6.45) is 0.304. The van der Waals surface area contributed by atoms with Crippen molar-refractivity contribution in [2.45, 2.75) is 44.7 Å². The number of benzene rings is 2. The Hall–Kier alpha value is -2.57. The van der Waals surface area contributed by atoms with E-state index in [2.05, 4.69) is 14.4 Å². The molecule has 2 heterocycles. The molecule has 16 heteroatoms. The Kier molecular flexibility index (Phi) is 8.43. The lowest BCUT2D eigenvalue weighted by molar-refractivity contribution is -0.432. The Morgan fingerprint density at radius 2 is 1.45 bits per heavy atom. The molecule has 3 N–H and O–H groups in total. The van der Waals surface area contributed by atoms with E-state index in [1.807, 2.05) is 46.4 Å². The van der Waals surface area contributed by atoms with Gasteiger partial charge >= 0.3 is 0 Å². The van der Waals surface area contributed by atoms with Crippen LogP contribution in [0, 0.1) is 13.8 Å². The lowest BCUT2D eigenvalue weighted by Gasteiger charge is -2.12. The zero-order chi connectivity index (χ0) is 27.7. The second kappa shape index (κ2) is 11.3. The first kappa shape index (κ1) is 28.4. The number of hydrogen-bond acceptors (Lipinski definition) is 10. The lowest BCUT2D eigenvalue weighted by Crippen LogP contribution is -2.09. The molecule has 0 fully saturated rings. The predicted molar refractivity (Wildman–Crippen MR) is 141 cm³/mol. The summed E-state index contributed by atoms with van der Waals surface area (Å²) >= 11 is 0.775. The van der Waals surface area contributed by atoms with Crippen molar-refractivity contribution in [2.24, 2.45) is 0 Å². The average Bonchev–Trinajstić information content (AvgIpc) is 3.31. The van der Waals surface area contributed by atoms with Gasteiger partial charge in [-0.15, -0.1) is 4.33 Å². The minimum absolute atomic E-state index is 0.114. The van der Waals surface area contributed by atoms with Crippen LogP contribution < -0.4 is 0 Å². The summed E-state index contributed by atoms with van der Waals surface area (Å²) in [5, 5.41) is 12.4. The van der Waals surface area contributed by atoms with Gasteiger partial charge < -0.3 is 9.13 Å². The molecule has 13 nitrogen and oxygen atoms in total. The van der Waals surface area contributed by atoms with Gasteiger partial charge in [0.05, 0.1) is 45.6 Å². The molecule has 2 aromatic heterocycles. The second-order valence-corrected chi connectivity index (χ2v) is 12.6. The zero-order valence-electron chi connectivity index (χ0n) is 20.4. The highest BCUT2D eigenvalue weighted by molar-refractivity contribution is 7.94. The normalized spacial score (nSPS) is 12.7. The molecule has 4 aromatic rings. The summed E-state index contributed by atoms with van der Waals surface area (Å²) in [5.41, 5.74) is 4.13. The molecule has 0 unspecified atom stereocenters. The Balaban J connectivity index is 1.85. The maximum Gasteiger partial charge on any atom is 0.264 e. The minimum atomic E-state index is -4.17. The van der Waals surface area contributed by atoms with Gasteiger partial charge in [0.2, 0.25) is 0 Å². The fraction of sp³-hybridized carbons (Fsp3) is 0.364. The topological polar surface area (TPSA) is 183 Å². The third kappa shape index (κ3) is 6.70. The summed E-state index contributed by atoms with van der Waals surface area (Å²) in [6, 6.07) is 9.12. The molecule has 38 heavy (non-hydrogen) atoms. The van der Waals surface area contributed by atoms with Crippen molar-refractivity contribution in [2.75, 3.05) is 11.5 Å². The van der Waals surface area contributed by atoms with Crippen molar-refractivity contribution < 1.29 is 40.6 Å². The lowest BCUT2D eigenvalue weighted by atomic mass is 10.1. The van der Waals surface area contributed by atoms with E-state index < -0.39 is 26.0 Å². The highest BCUT2D eigenvalue weighted by Gasteiger charge is 2.20. The van der Waals surface area contributed by atoms with Gasteiger partial charge in [0.15, 0.2) is 0 Å². The van der Waals surface area contributed by atoms with E-state index in [9.17, 15) is 21.4 Å². The number of rotatable bonds is 12. The van der Waals surface area contributed by atoms with E-state index in [1.165, 1.54) is 0 Å². The molecule has 0 aliphatic rings. The van der Waals surface area contributed by atoms with Gasteiger partial charge in [-0.2, -0.15) is 16.8 Å². The molecule has 0 saturated carbocycles. The number of hydrogen-bond donors (Lipinski definition) is 3. The van der Waals surface area contributed by atoms with Gasteiger partial charge in [-0.3, -0.25) is 9.11 Å². The first-order valence-corrected chi connectivity index (χ1v) is 15.4. The summed E-state index contributed by atoms with van der Waals surface area (Å²) in [5.74, 6) is 0.322. The smallest absolute Gasteiger partial charge is 0.264 e. The highest BCUT2D eigenvalue weighted by Crippen LogP contribution is 2.35. The SMILES string of the molecule is Cc1ccc(-c2nc3cc4c(cc3n2CCCS(=O)(=O)O)nc(C)n4CCCS(=O)(=O)O)c(SOOO)c1. The van der Waals surface area contributed by atoms with Gasteiger partial charge in [0.1, 0.15) is 11.6 Å². The van der Waals surface area contributed by atoms with Crippen molar-refractivity contribution in [1.29, 1.82) is 0 Å². The van der Waals surface area contributed by atoms with E-state index in [-0.39, 0.29) is 25.1 Å². The summed E-state index contributed by atoms with van der Waals surface area (Å²) in [4.78, 5) is 10.00. The van der Waals surface area contributed by atoms with Crippen LogP contribution in [0.3, 0.4) is 0 Å². The molecular weight excluding hydrogens is 560 g/mol. The third-order valence-corrected chi connectivity index (χ3v) is 8.16. The van der Waals surface area contributed by atoms with E-state index in [0.717, 1.165) is 23.1 Å². The molecule has 206 valence electrons. The molecule has 0 aliphatic carbocycles. The second-order valence-electron chi connectivity index (χ2n) is 8.73. The fourth-order valence-corrected chi connectivity index (χ4v) is 5.90. The summed E-state index contributed by atoms with van der Waals surface area (Å²) in [7, 11) is -8.26. The molecule has 0 spiro atoms. The van der Waals surface area contributed by atoms with Crippen LogP contribution in [0.2, 0.25) is 0 Å². The van der Waals surface area contributed by atoms with Gasteiger partial charge in [-0.05, 0) is 56.5 Å². The van der Waals surface area contributed by atoms with E-state index in [1.54, 1.807) is 6.92 Å². The first-order valence-electron chi connectivity index (χ1n) is 11.4. The fourth-order valence-electron chi connectivity index (χ4n) is 4.32. The van der Waals surface area contributed by atoms with Crippen molar-refractivity contribution in [3.05, 3.63) is 41.7 Å². The number of aryl methyl sites for hydroxylation is 4. The van der Waals surface area contributed by atoms with Crippen LogP contribution in [-0.2, 0) is 42.7 Å². The van der Waals surface area contributed by atoms with Crippen molar-refractivity contribution in [1.82, 2.24) is 19.1 Å². The van der Waals surface area contributed by atoms with Crippen LogP contribution in [0.25, 0.3) is 33.5 Å². The Morgan fingerprint density at radius 3 is 2.05 bits per heavy atom. The predicted octanol–water partition coefficient (Wildman–Crippen LogP) is 3.65. The Morgan fingerprint density at radius 1 is 0.868 bits per heavy atom. The molecular formula is C22H26N4O9S3. The average molecular weight is 587 g/mol. The summed E-state index contributed by atoms with van der Waals surface area (Å²) in [6.45, 7) is 4.19. The third-order valence-electron chi connectivity index (χ3n) is 5.91. The van der Waals surface area contributed by atoms with Crippen LogP contribution in [0.15, 0.2) is 35.2 Å². The maximum atomic E-state index is 11.4. The Labute approximate surface area is 223 Å². The quantitative estimate of drug-likeness (QED) is 0.0949. The maximum absolute atomic E-state index is 11.4. The number of aromatic nitrogens is 4. The van der Waals surface area contributed by atoms with Crippen LogP contribution >= 0.6 is 12.0 Å². The van der Waals surface area contributed by atoms with Crippen molar-refractivity contribution in [3.8, 4) is 11.4 Å². The van der Waals surface area contributed by atoms with Gasteiger partial charge in [-0.25, -0.2) is 15.2 Å². The van der Waals surface area contributed by atoms with E-state index >= 15 is 0 Å². The monoisotopic (exact) mass is 586 g/mol. The zero-order valence-corrected chi connectivity index (χ0v) is 22.9. The molecule has 0 aliphatic heterocycles. The molecule has 0 radical (unpaired) electrons. The van der Waals surface area contributed by atoms with Gasteiger partial charge in [0, 0.05) is 23.5 Å². The van der Waals surface area contributed by atoms with Crippen LogP contribution in [-0.4, -0.2) is 61.8 Å². The molecule has 0 atom stereocenters. The Bertz CT molecular complexity index is 1700. The molecule has 0 bridgehead atoms. The first-order chi connectivity index (χ1) is 17.9. The van der Waals surface area contributed by atoms with Gasteiger partial charge in [0.25, 0.3) is 20.2 Å². The van der Waals surface area contributed by atoms with Crippen molar-refractivity contribution >= 4 is 54.3 Å². The van der Waals surface area contributed by atoms with Crippen LogP contribution in [0.1, 0.15) is 24.2 Å². The van der Waals surface area contributed by atoms with Gasteiger partial charge in [-0.1, -0.05) is 11.1 Å². The highest BCUT2D eigenvalue weighted by atomic mass is 32.2. The van der Waals surface area contributed by atoms with Crippen LogP contribution in [0.4, 0.5) is 0 Å². The number of nitrogens with zero attached hydrogens (tertiary/aromatic N) is 4. The number of fused-ring (bicyclic) bond motifs is 2. The van der Waals surface area contributed by atoms with Crippen LogP contribution in [0.5, 0.6) is 0 Å². The minimum Gasteiger partial charge on any atom is -0.328 e. The standard InChI is InChI=1S/C22H26N4O9S3/c1-14-5-6-16(21(11-14)36-35-34-27)22-24-18-13-19-17(12-20(18)26(22)8-4-10-38(31,32)33)23-15(2)25(19)7-3-9-37(28,29)30/h5-6,11-13,27H,3-4,7-10H2,1-2H3,(H,28,29,30)(H,31,32,33). The number of imidazole rings is 2. The largest absolute Gasteiger partial charge is 0.328 e. The molecule has 2 aromatic carbocycles. The summed E-state index contributed by atoms with van der Waals surface area (Å²) < 4.78 is 71.7.